The summed E-state index contributed by atoms with van der Waals surface area (Å²) < 4.78 is 15.8. The summed E-state index contributed by atoms with van der Waals surface area (Å²) in [7, 11) is 0.772. The van der Waals surface area contributed by atoms with E-state index in [1.165, 1.54) is 24.6 Å². The van der Waals surface area contributed by atoms with Crippen molar-refractivity contribution in [3.8, 4) is 0 Å². The summed E-state index contributed by atoms with van der Waals surface area (Å²) >= 11 is 0. The molecule has 3 nitrogen and oxygen atoms in total. The Hall–Kier alpha value is -0.163. The third kappa shape index (κ3) is 6.98. The van der Waals surface area contributed by atoms with Crippen molar-refractivity contribution >= 4 is 8.07 Å². The predicted molar refractivity (Wildman–Crippen MR) is 73.3 cm³/mol. The van der Waals surface area contributed by atoms with Crippen molar-refractivity contribution in [1.29, 1.82) is 0 Å². The zero-order chi connectivity index (χ0) is 12.4. The molecule has 0 unspecified atom stereocenters. The molecule has 0 aromatic carbocycles. The Kier molecular flexibility index (Phi) is 7.76. The summed E-state index contributed by atoms with van der Waals surface area (Å²) in [5.41, 5.74) is 0. The molecular formula is C13H26O3Si. The van der Waals surface area contributed by atoms with E-state index in [2.05, 4.69) is 18.7 Å². The van der Waals surface area contributed by atoms with E-state index < -0.39 is 8.07 Å². The van der Waals surface area contributed by atoms with E-state index in [0.717, 1.165) is 6.61 Å². The van der Waals surface area contributed by atoms with Crippen molar-refractivity contribution in [2.75, 3.05) is 40.1 Å². The molecule has 0 aromatic heterocycles. The smallest absolute Gasteiger partial charge is 0.0701 e. The lowest BCUT2D eigenvalue weighted by atomic mass is 10.5. The number of hydrogen-bond acceptors (Lipinski definition) is 3. The van der Waals surface area contributed by atoms with Crippen molar-refractivity contribution in [1.82, 2.24) is 0 Å². The first kappa shape index (κ1) is 14.9. The molecule has 17 heavy (non-hydrogen) atoms. The topological polar surface area (TPSA) is 27.7 Å². The molecule has 0 fully saturated rings. The van der Waals surface area contributed by atoms with Gasteiger partial charge in [-0.15, -0.1) is 0 Å². The summed E-state index contributed by atoms with van der Waals surface area (Å²) in [4.78, 5) is 0. The molecule has 0 N–H and O–H groups in total. The molecule has 0 spiro atoms. The maximum atomic E-state index is 5.55. The van der Waals surface area contributed by atoms with E-state index in [-0.39, 0.29) is 0 Å². The third-order valence-electron chi connectivity index (χ3n) is 3.26. The quantitative estimate of drug-likeness (QED) is 0.342. The van der Waals surface area contributed by atoms with E-state index in [4.69, 9.17) is 14.2 Å². The third-order valence-corrected chi connectivity index (χ3v) is 7.26. The highest BCUT2D eigenvalue weighted by molar-refractivity contribution is 6.80. The summed E-state index contributed by atoms with van der Waals surface area (Å²) in [5.74, 6) is 0. The van der Waals surface area contributed by atoms with Gasteiger partial charge in [-0.3, -0.25) is 0 Å². The first-order chi connectivity index (χ1) is 8.27. The average molecular weight is 258 g/mol. The molecule has 0 amide bonds. The van der Waals surface area contributed by atoms with Gasteiger partial charge in [-0.05, 0) is 18.5 Å². The molecule has 0 saturated carbocycles. The van der Waals surface area contributed by atoms with Crippen LogP contribution >= 0.6 is 0 Å². The number of methoxy groups -OCH3 is 1. The monoisotopic (exact) mass is 258 g/mol. The molecule has 0 saturated heterocycles. The fourth-order valence-corrected chi connectivity index (χ4v) is 5.13. The van der Waals surface area contributed by atoms with Crippen molar-refractivity contribution in [2.45, 2.75) is 31.1 Å². The van der Waals surface area contributed by atoms with Crippen LogP contribution in [0, 0.1) is 0 Å². The van der Waals surface area contributed by atoms with Gasteiger partial charge >= 0.3 is 0 Å². The van der Waals surface area contributed by atoms with Crippen LogP contribution in [0.2, 0.25) is 24.7 Å². The van der Waals surface area contributed by atoms with Crippen LogP contribution in [0.15, 0.2) is 12.2 Å². The SMILES string of the molecule is COCCOCCOCCC[Si]1(C)CC=CC1. The molecule has 1 aliphatic heterocycles. The molecule has 1 rings (SSSR count). The van der Waals surface area contributed by atoms with Crippen molar-refractivity contribution in [2.24, 2.45) is 0 Å². The first-order valence-corrected chi connectivity index (χ1v) is 9.68. The van der Waals surface area contributed by atoms with Gasteiger partial charge in [0.05, 0.1) is 34.5 Å². The lowest BCUT2D eigenvalue weighted by Gasteiger charge is -2.20. The fraction of sp³-hybridized carbons (Fsp3) is 0.846. The predicted octanol–water partition coefficient (Wildman–Crippen LogP) is 2.70. The molecule has 100 valence electrons. The lowest BCUT2D eigenvalue weighted by molar-refractivity contribution is 0.0249. The molecule has 0 aliphatic carbocycles. The molecule has 0 aromatic rings. The van der Waals surface area contributed by atoms with Crippen molar-refractivity contribution < 1.29 is 14.2 Å². The minimum absolute atomic E-state index is 0.663. The average Bonchev–Trinajstić information content (AvgIpc) is 2.74. The summed E-state index contributed by atoms with van der Waals surface area (Å²) in [6.45, 7) is 6.10. The normalized spacial score (nSPS) is 17.8. The number of hydrogen-bond donors (Lipinski definition) is 0. The Morgan fingerprint density at radius 1 is 0.941 bits per heavy atom. The van der Waals surface area contributed by atoms with Gasteiger partial charge in [0.25, 0.3) is 0 Å². The molecule has 0 radical (unpaired) electrons. The Balaban J connectivity index is 1.81. The van der Waals surface area contributed by atoms with Gasteiger partial charge in [-0.25, -0.2) is 0 Å². The summed E-state index contributed by atoms with van der Waals surface area (Å²) in [5, 5.41) is 0. The number of rotatable bonds is 10. The first-order valence-electron chi connectivity index (χ1n) is 6.56. The van der Waals surface area contributed by atoms with E-state index in [0.29, 0.717) is 26.4 Å². The Morgan fingerprint density at radius 3 is 2.18 bits per heavy atom. The van der Waals surface area contributed by atoms with Crippen LogP contribution in [0.3, 0.4) is 0 Å². The van der Waals surface area contributed by atoms with Crippen LogP contribution in [0.1, 0.15) is 6.42 Å². The molecule has 4 heteroatoms. The Morgan fingerprint density at radius 2 is 1.53 bits per heavy atom. The summed E-state index contributed by atoms with van der Waals surface area (Å²) in [6, 6.07) is 4.13. The van der Waals surface area contributed by atoms with Crippen molar-refractivity contribution in [3.63, 3.8) is 0 Å². The zero-order valence-corrected chi connectivity index (χ0v) is 12.2. The maximum absolute atomic E-state index is 5.55. The van der Waals surface area contributed by atoms with Crippen LogP contribution < -0.4 is 0 Å². The van der Waals surface area contributed by atoms with Gasteiger partial charge in [0.2, 0.25) is 0 Å². The fourth-order valence-electron chi connectivity index (χ4n) is 2.09. The van der Waals surface area contributed by atoms with Gasteiger partial charge in [0.1, 0.15) is 0 Å². The Bertz CT molecular complexity index is 211. The standard InChI is InChI=1S/C13H26O3Si/c1-14-7-8-16-10-9-15-6-5-13-17(2)11-3-4-12-17/h3-4H,5-13H2,1-2H3. The van der Waals surface area contributed by atoms with Crippen LogP contribution in [0.25, 0.3) is 0 Å². The van der Waals surface area contributed by atoms with Crippen molar-refractivity contribution in [3.05, 3.63) is 12.2 Å². The maximum Gasteiger partial charge on any atom is 0.0701 e. The van der Waals surface area contributed by atoms with Gasteiger partial charge in [0.15, 0.2) is 0 Å². The van der Waals surface area contributed by atoms with Gasteiger partial charge in [0, 0.05) is 13.7 Å². The second-order valence-corrected chi connectivity index (χ2v) is 9.95. The van der Waals surface area contributed by atoms with Crippen LogP contribution in [-0.2, 0) is 14.2 Å². The molecule has 1 aliphatic rings. The zero-order valence-electron chi connectivity index (χ0n) is 11.2. The highest BCUT2D eigenvalue weighted by Crippen LogP contribution is 2.28. The number of allylic oxidation sites excluding steroid dienone is 2. The van der Waals surface area contributed by atoms with E-state index >= 15 is 0 Å². The van der Waals surface area contributed by atoms with Crippen LogP contribution in [-0.4, -0.2) is 48.2 Å². The highest BCUT2D eigenvalue weighted by Gasteiger charge is 2.26. The van der Waals surface area contributed by atoms with Gasteiger partial charge in [-0.2, -0.15) is 0 Å². The molecule has 0 atom stereocenters. The Labute approximate surface area is 106 Å². The van der Waals surface area contributed by atoms with Crippen LogP contribution in [0.4, 0.5) is 0 Å². The summed E-state index contributed by atoms with van der Waals surface area (Å²) in [6.07, 6.45) is 5.93. The minimum Gasteiger partial charge on any atom is -0.382 e. The second kappa shape index (κ2) is 8.86. The minimum atomic E-state index is -0.911. The molecule has 1 heterocycles. The highest BCUT2D eigenvalue weighted by atomic mass is 28.3. The van der Waals surface area contributed by atoms with E-state index in [9.17, 15) is 0 Å². The van der Waals surface area contributed by atoms with Gasteiger partial charge in [-0.1, -0.05) is 24.7 Å². The van der Waals surface area contributed by atoms with Gasteiger partial charge < -0.3 is 14.2 Å². The van der Waals surface area contributed by atoms with Crippen LogP contribution in [0.5, 0.6) is 0 Å². The second-order valence-electron chi connectivity index (χ2n) is 5.01. The molecule has 0 bridgehead atoms. The largest absolute Gasteiger partial charge is 0.382 e. The van der Waals surface area contributed by atoms with E-state index in [1.54, 1.807) is 7.11 Å². The van der Waals surface area contributed by atoms with E-state index in [1.807, 2.05) is 0 Å². The molecular weight excluding hydrogens is 232 g/mol. The number of ether oxygens (including phenoxy) is 3. The lowest BCUT2D eigenvalue weighted by Crippen LogP contribution is -2.25.